The van der Waals surface area contributed by atoms with E-state index in [2.05, 4.69) is 5.73 Å². The molecule has 0 saturated carbocycles. The molecule has 19 heavy (non-hydrogen) atoms. The highest BCUT2D eigenvalue weighted by molar-refractivity contribution is 5.72. The topological polar surface area (TPSA) is 155 Å². The number of rotatable bonds is 2. The van der Waals surface area contributed by atoms with Gasteiger partial charge in [-0.2, -0.15) is 0 Å². The van der Waals surface area contributed by atoms with Gasteiger partial charge in [0.1, 0.15) is 5.78 Å². The second-order valence-corrected chi connectivity index (χ2v) is 3.30. The standard InChI is InChI=1S/C4H8O3.C3H6O.C2H5NO.C2H4O2/c1-2-3(5)4(6)7;1-3(2)4;2*1-2(3)4/h3,5H,2H2,1H3,(H,6,7);1-2H3;1H3,(H2,3,4);1H3,(H,3,4). The molecule has 5 N–H and O–H groups in total. The summed E-state index contributed by atoms with van der Waals surface area (Å²) in [6.45, 7) is 7.05. The van der Waals surface area contributed by atoms with Crippen LogP contribution in [0.2, 0.25) is 0 Å². The van der Waals surface area contributed by atoms with Crippen molar-refractivity contribution in [1.29, 1.82) is 0 Å². The van der Waals surface area contributed by atoms with Crippen LogP contribution in [-0.4, -0.2) is 45.1 Å². The van der Waals surface area contributed by atoms with Gasteiger partial charge in [0.2, 0.25) is 5.91 Å². The van der Waals surface area contributed by atoms with Crippen molar-refractivity contribution in [3.05, 3.63) is 0 Å². The van der Waals surface area contributed by atoms with Crippen molar-refractivity contribution < 1.29 is 34.5 Å². The SMILES string of the molecule is CC(=O)O.CC(C)=O.CC(N)=O.CCC(O)C(=O)O. The van der Waals surface area contributed by atoms with E-state index in [4.69, 9.17) is 20.1 Å². The number of carbonyl (C=O) groups is 4. The molecule has 0 rings (SSSR count). The van der Waals surface area contributed by atoms with Gasteiger partial charge in [0, 0.05) is 13.8 Å². The molecule has 0 spiro atoms. The minimum atomic E-state index is -1.18. The molecule has 0 aliphatic heterocycles. The number of carboxylic acids is 2. The molecule has 0 aromatic carbocycles. The van der Waals surface area contributed by atoms with Gasteiger partial charge in [0.05, 0.1) is 0 Å². The summed E-state index contributed by atoms with van der Waals surface area (Å²) in [5.41, 5.74) is 4.47. The van der Waals surface area contributed by atoms with Crippen molar-refractivity contribution in [3.63, 3.8) is 0 Å². The number of carbonyl (C=O) groups excluding carboxylic acids is 2. The number of nitrogens with two attached hydrogens (primary N) is 1. The number of aliphatic hydroxyl groups excluding tert-OH is 1. The number of hydrogen-bond acceptors (Lipinski definition) is 5. The minimum absolute atomic E-state index is 0.167. The smallest absolute Gasteiger partial charge is 0.332 e. The zero-order valence-corrected chi connectivity index (χ0v) is 11.8. The number of carboxylic acid groups (broad SMARTS) is 2. The first-order valence-corrected chi connectivity index (χ1v) is 5.21. The van der Waals surface area contributed by atoms with Crippen LogP contribution >= 0.6 is 0 Å². The zero-order valence-electron chi connectivity index (χ0n) is 11.8. The quantitative estimate of drug-likeness (QED) is 0.556. The molecule has 1 amide bonds. The van der Waals surface area contributed by atoms with Crippen LogP contribution in [-0.2, 0) is 19.2 Å². The van der Waals surface area contributed by atoms with E-state index in [1.165, 1.54) is 20.8 Å². The van der Waals surface area contributed by atoms with Gasteiger partial charge in [-0.25, -0.2) is 4.79 Å². The van der Waals surface area contributed by atoms with Gasteiger partial charge in [0.25, 0.3) is 5.97 Å². The molecule has 8 heteroatoms. The van der Waals surface area contributed by atoms with Crippen LogP contribution in [0.4, 0.5) is 0 Å². The third kappa shape index (κ3) is 194. The number of aliphatic hydroxyl groups is 1. The highest BCUT2D eigenvalue weighted by Gasteiger charge is 2.07. The van der Waals surface area contributed by atoms with E-state index in [1.54, 1.807) is 6.92 Å². The number of hydrogen-bond donors (Lipinski definition) is 4. The fraction of sp³-hybridized carbons (Fsp3) is 0.636. The van der Waals surface area contributed by atoms with E-state index in [-0.39, 0.29) is 18.1 Å². The molecule has 0 aromatic rings. The van der Waals surface area contributed by atoms with E-state index in [9.17, 15) is 14.4 Å². The van der Waals surface area contributed by atoms with Gasteiger partial charge in [-0.05, 0) is 20.3 Å². The van der Waals surface area contributed by atoms with E-state index in [0.29, 0.717) is 0 Å². The molecule has 114 valence electrons. The van der Waals surface area contributed by atoms with Gasteiger partial charge >= 0.3 is 5.97 Å². The predicted octanol–water partition coefficient (Wildman–Crippen LogP) is 0.0197. The lowest BCUT2D eigenvalue weighted by atomic mass is 10.3. The fourth-order valence-corrected chi connectivity index (χ4v) is 0.175. The largest absolute Gasteiger partial charge is 0.481 e. The van der Waals surface area contributed by atoms with Crippen LogP contribution in [0, 0.1) is 0 Å². The Bertz CT molecular complexity index is 236. The number of aliphatic carboxylic acids is 2. The highest BCUT2D eigenvalue weighted by atomic mass is 16.4. The summed E-state index contributed by atoms with van der Waals surface area (Å²) in [5.74, 6) is -2.15. The van der Waals surface area contributed by atoms with E-state index in [1.807, 2.05) is 0 Å². The zero-order chi connectivity index (χ0) is 16.6. The maximum atomic E-state index is 9.68. The maximum Gasteiger partial charge on any atom is 0.332 e. The van der Waals surface area contributed by atoms with Gasteiger partial charge < -0.3 is 25.8 Å². The number of ketones is 1. The molecule has 0 bridgehead atoms. The average molecular weight is 281 g/mol. The Labute approximate surface area is 112 Å². The van der Waals surface area contributed by atoms with Crippen LogP contribution in [0.1, 0.15) is 41.0 Å². The molecule has 0 aromatic heterocycles. The Kier molecular flexibility index (Phi) is 25.0. The minimum Gasteiger partial charge on any atom is -0.481 e. The first-order chi connectivity index (χ1) is 8.38. The van der Waals surface area contributed by atoms with Gasteiger partial charge in [-0.1, -0.05) is 6.92 Å². The highest BCUT2D eigenvalue weighted by Crippen LogP contribution is 1.86. The van der Waals surface area contributed by atoms with Crippen LogP contribution in [0.5, 0.6) is 0 Å². The Hall–Kier alpha value is -1.96. The molecule has 0 aliphatic carbocycles. The first kappa shape index (κ1) is 25.8. The van der Waals surface area contributed by atoms with Crippen molar-refractivity contribution in [2.45, 2.75) is 47.1 Å². The molecular weight excluding hydrogens is 258 g/mol. The molecule has 1 atom stereocenters. The van der Waals surface area contributed by atoms with Gasteiger partial charge in [-0.15, -0.1) is 0 Å². The summed E-state index contributed by atoms with van der Waals surface area (Å²) in [4.78, 5) is 37.3. The molecule has 0 fully saturated rings. The van der Waals surface area contributed by atoms with Crippen molar-refractivity contribution in [2.75, 3.05) is 0 Å². The van der Waals surface area contributed by atoms with Crippen molar-refractivity contribution in [2.24, 2.45) is 5.73 Å². The van der Waals surface area contributed by atoms with Crippen LogP contribution < -0.4 is 5.73 Å². The lowest BCUT2D eigenvalue weighted by Crippen LogP contribution is -2.17. The Morgan fingerprint density at radius 2 is 1.16 bits per heavy atom. The number of Topliss-reactive ketones (excluding diaryl/α,β-unsaturated/α-hetero) is 1. The molecular formula is C11H23NO7. The first-order valence-electron chi connectivity index (χ1n) is 5.21. The Morgan fingerprint density at radius 3 is 1.16 bits per heavy atom. The third-order valence-electron chi connectivity index (χ3n) is 0.672. The van der Waals surface area contributed by atoms with E-state index in [0.717, 1.165) is 6.92 Å². The van der Waals surface area contributed by atoms with Gasteiger partial charge in [-0.3, -0.25) is 9.59 Å². The van der Waals surface area contributed by atoms with Gasteiger partial charge in [0.15, 0.2) is 6.10 Å². The molecule has 1 unspecified atom stereocenters. The van der Waals surface area contributed by atoms with Crippen molar-refractivity contribution in [3.8, 4) is 0 Å². The van der Waals surface area contributed by atoms with E-state index >= 15 is 0 Å². The molecule has 0 aliphatic rings. The average Bonchev–Trinajstić information content (AvgIpc) is 2.13. The lowest BCUT2D eigenvalue weighted by molar-refractivity contribution is -0.146. The van der Waals surface area contributed by atoms with Crippen molar-refractivity contribution in [1.82, 2.24) is 0 Å². The Morgan fingerprint density at radius 1 is 1.00 bits per heavy atom. The lowest BCUT2D eigenvalue weighted by Gasteiger charge is -1.95. The van der Waals surface area contributed by atoms with Crippen LogP contribution in [0.25, 0.3) is 0 Å². The summed E-state index contributed by atoms with van der Waals surface area (Å²) in [5, 5.41) is 23.7. The van der Waals surface area contributed by atoms with Crippen LogP contribution in [0.15, 0.2) is 0 Å². The second kappa shape index (κ2) is 18.4. The Balaban J connectivity index is -0.0000000825. The summed E-state index contributed by atoms with van der Waals surface area (Å²) in [6, 6.07) is 0. The fourth-order valence-electron chi connectivity index (χ4n) is 0.175. The summed E-state index contributed by atoms with van der Waals surface area (Å²) >= 11 is 0. The maximum absolute atomic E-state index is 9.68. The third-order valence-corrected chi connectivity index (χ3v) is 0.672. The second-order valence-electron chi connectivity index (χ2n) is 3.30. The summed E-state index contributed by atoms with van der Waals surface area (Å²) < 4.78 is 0. The normalized spacial score (nSPS) is 8.95. The van der Waals surface area contributed by atoms with E-state index < -0.39 is 18.0 Å². The summed E-state index contributed by atoms with van der Waals surface area (Å²) in [6.07, 6.45) is -0.907. The number of amides is 1. The van der Waals surface area contributed by atoms with Crippen LogP contribution in [0.3, 0.4) is 0 Å². The predicted molar refractivity (Wildman–Crippen MR) is 68.5 cm³/mol. The monoisotopic (exact) mass is 281 g/mol. The van der Waals surface area contributed by atoms with Crippen molar-refractivity contribution >= 4 is 23.6 Å². The molecule has 0 saturated heterocycles. The molecule has 0 radical (unpaired) electrons. The molecule has 8 nitrogen and oxygen atoms in total. The summed E-state index contributed by atoms with van der Waals surface area (Å²) in [7, 11) is 0. The number of primary amides is 1. The molecule has 0 heterocycles.